The van der Waals surface area contributed by atoms with E-state index in [-0.39, 0.29) is 0 Å². The number of nitrogens with zero attached hydrogens (tertiary/aromatic N) is 2. The average molecular weight is 257 g/mol. The van der Waals surface area contributed by atoms with E-state index >= 15 is 0 Å². The van der Waals surface area contributed by atoms with Crippen molar-refractivity contribution in [3.8, 4) is 0 Å². The largest absolute Gasteiger partial charge is 0.384 e. The molecule has 4 heteroatoms. The summed E-state index contributed by atoms with van der Waals surface area (Å²) in [5.74, 6) is 1.27. The molecule has 0 radical (unpaired) electrons. The molecule has 0 aromatic carbocycles. The normalized spacial score (nSPS) is 22.3. The first-order valence-corrected chi connectivity index (χ1v) is 7.23. The molecular weight excluding hydrogens is 226 g/mol. The van der Waals surface area contributed by atoms with E-state index in [2.05, 4.69) is 30.6 Å². The summed E-state index contributed by atoms with van der Waals surface area (Å²) in [7, 11) is 1.77. The summed E-state index contributed by atoms with van der Waals surface area (Å²) < 4.78 is 5.26. The van der Waals surface area contributed by atoms with Crippen LogP contribution in [0, 0.1) is 11.8 Å². The zero-order valence-electron chi connectivity index (χ0n) is 12.6. The quantitative estimate of drug-likeness (QED) is 0.735. The second-order valence-electron chi connectivity index (χ2n) is 5.97. The van der Waals surface area contributed by atoms with Gasteiger partial charge in [-0.3, -0.25) is 4.90 Å². The summed E-state index contributed by atoms with van der Waals surface area (Å²) >= 11 is 0. The molecule has 1 aliphatic rings. The van der Waals surface area contributed by atoms with Crippen LogP contribution in [0.5, 0.6) is 0 Å². The minimum Gasteiger partial charge on any atom is -0.384 e. The minimum absolute atomic E-state index is 0.464. The first kappa shape index (κ1) is 15.9. The molecule has 2 atom stereocenters. The Morgan fingerprint density at radius 1 is 1.11 bits per heavy atom. The molecule has 0 amide bonds. The van der Waals surface area contributed by atoms with E-state index in [0.29, 0.717) is 12.0 Å². The molecule has 0 aromatic rings. The molecule has 0 bridgehead atoms. The van der Waals surface area contributed by atoms with Gasteiger partial charge in [-0.05, 0) is 11.8 Å². The summed E-state index contributed by atoms with van der Waals surface area (Å²) in [4.78, 5) is 5.11. The topological polar surface area (TPSA) is 41.7 Å². The van der Waals surface area contributed by atoms with Gasteiger partial charge in [0.15, 0.2) is 0 Å². The summed E-state index contributed by atoms with van der Waals surface area (Å²) in [6.07, 6.45) is 0. The third-order valence-corrected chi connectivity index (χ3v) is 3.83. The lowest BCUT2D eigenvalue weighted by molar-refractivity contribution is 0.0453. The molecule has 1 fully saturated rings. The van der Waals surface area contributed by atoms with Gasteiger partial charge in [-0.15, -0.1) is 0 Å². The monoisotopic (exact) mass is 257 g/mol. The number of piperazine rings is 1. The first-order chi connectivity index (χ1) is 8.58. The fraction of sp³-hybridized carbons (Fsp3) is 1.00. The van der Waals surface area contributed by atoms with Crippen molar-refractivity contribution in [2.75, 3.05) is 53.0 Å². The summed E-state index contributed by atoms with van der Waals surface area (Å²) in [5, 5.41) is 0. The molecule has 2 unspecified atom stereocenters. The van der Waals surface area contributed by atoms with Crippen LogP contribution in [-0.4, -0.2) is 68.8 Å². The van der Waals surface area contributed by atoms with Crippen molar-refractivity contribution in [2.24, 2.45) is 17.6 Å². The standard InChI is InChI=1S/C14H31N3O/c1-12(2)10-16-5-7-17(8-6-16)14(9-15)13(3)11-18-4/h12-14H,5-11,15H2,1-4H3. The zero-order valence-corrected chi connectivity index (χ0v) is 12.6. The van der Waals surface area contributed by atoms with Gasteiger partial charge in [-0.25, -0.2) is 0 Å². The summed E-state index contributed by atoms with van der Waals surface area (Å²) in [5.41, 5.74) is 5.94. The van der Waals surface area contributed by atoms with Gasteiger partial charge in [-0.1, -0.05) is 20.8 Å². The third-order valence-electron chi connectivity index (χ3n) is 3.83. The Morgan fingerprint density at radius 2 is 1.72 bits per heavy atom. The summed E-state index contributed by atoms with van der Waals surface area (Å²) in [6.45, 7) is 14.2. The number of hydrogen-bond donors (Lipinski definition) is 1. The van der Waals surface area contributed by atoms with Crippen LogP contribution in [0.3, 0.4) is 0 Å². The van der Waals surface area contributed by atoms with Gasteiger partial charge in [0.25, 0.3) is 0 Å². The van der Waals surface area contributed by atoms with E-state index in [9.17, 15) is 0 Å². The highest BCUT2D eigenvalue weighted by atomic mass is 16.5. The van der Waals surface area contributed by atoms with E-state index in [1.54, 1.807) is 7.11 Å². The second kappa shape index (κ2) is 8.10. The number of methoxy groups -OCH3 is 1. The van der Waals surface area contributed by atoms with Gasteiger partial charge in [0.2, 0.25) is 0 Å². The maximum Gasteiger partial charge on any atom is 0.0503 e. The highest BCUT2D eigenvalue weighted by Crippen LogP contribution is 2.14. The van der Waals surface area contributed by atoms with Crippen LogP contribution in [0.2, 0.25) is 0 Å². The Labute approximate surface area is 112 Å². The van der Waals surface area contributed by atoms with Crippen LogP contribution in [0.4, 0.5) is 0 Å². The molecule has 108 valence electrons. The van der Waals surface area contributed by atoms with Crippen molar-refractivity contribution in [3.05, 3.63) is 0 Å². The molecule has 1 aliphatic heterocycles. The van der Waals surface area contributed by atoms with Gasteiger partial charge >= 0.3 is 0 Å². The maximum absolute atomic E-state index is 5.94. The van der Waals surface area contributed by atoms with Crippen molar-refractivity contribution >= 4 is 0 Å². The summed E-state index contributed by atoms with van der Waals surface area (Å²) in [6, 6.07) is 0.464. The molecule has 1 heterocycles. The Balaban J connectivity index is 2.39. The number of ether oxygens (including phenoxy) is 1. The second-order valence-corrected chi connectivity index (χ2v) is 5.97. The lowest BCUT2D eigenvalue weighted by Crippen LogP contribution is -2.55. The Hall–Kier alpha value is -0.160. The lowest BCUT2D eigenvalue weighted by atomic mass is 10.0. The van der Waals surface area contributed by atoms with Crippen LogP contribution in [0.1, 0.15) is 20.8 Å². The Morgan fingerprint density at radius 3 is 2.17 bits per heavy atom. The highest BCUT2D eigenvalue weighted by molar-refractivity contribution is 4.82. The molecule has 4 nitrogen and oxygen atoms in total. The third kappa shape index (κ3) is 4.84. The fourth-order valence-corrected chi connectivity index (χ4v) is 2.91. The van der Waals surface area contributed by atoms with E-state index in [0.717, 1.165) is 32.2 Å². The van der Waals surface area contributed by atoms with Gasteiger partial charge in [0, 0.05) is 52.4 Å². The predicted octanol–water partition coefficient (Wildman–Crippen LogP) is 0.870. The van der Waals surface area contributed by atoms with Crippen molar-refractivity contribution in [1.82, 2.24) is 9.80 Å². The van der Waals surface area contributed by atoms with Crippen LogP contribution in [0.25, 0.3) is 0 Å². The van der Waals surface area contributed by atoms with Gasteiger partial charge < -0.3 is 15.4 Å². The molecule has 0 aromatic heterocycles. The van der Waals surface area contributed by atoms with Crippen molar-refractivity contribution in [3.63, 3.8) is 0 Å². The maximum atomic E-state index is 5.94. The Kier molecular flexibility index (Phi) is 7.15. The molecule has 0 spiro atoms. The van der Waals surface area contributed by atoms with Crippen molar-refractivity contribution < 1.29 is 4.74 Å². The fourth-order valence-electron chi connectivity index (χ4n) is 2.91. The molecule has 0 saturated carbocycles. The SMILES string of the molecule is COCC(C)C(CN)N1CCN(CC(C)C)CC1. The van der Waals surface area contributed by atoms with Crippen molar-refractivity contribution in [2.45, 2.75) is 26.8 Å². The molecule has 0 aliphatic carbocycles. The number of hydrogen-bond acceptors (Lipinski definition) is 4. The van der Waals surface area contributed by atoms with Crippen LogP contribution in [-0.2, 0) is 4.74 Å². The molecule has 1 rings (SSSR count). The molecule has 1 saturated heterocycles. The van der Waals surface area contributed by atoms with Crippen molar-refractivity contribution in [1.29, 1.82) is 0 Å². The molecule has 18 heavy (non-hydrogen) atoms. The zero-order chi connectivity index (χ0) is 13.5. The number of rotatable bonds is 7. The van der Waals surface area contributed by atoms with Crippen LogP contribution in [0.15, 0.2) is 0 Å². The predicted molar refractivity (Wildman–Crippen MR) is 76.7 cm³/mol. The van der Waals surface area contributed by atoms with E-state index in [4.69, 9.17) is 10.5 Å². The minimum atomic E-state index is 0.464. The smallest absolute Gasteiger partial charge is 0.0503 e. The van der Waals surface area contributed by atoms with Crippen LogP contribution >= 0.6 is 0 Å². The van der Waals surface area contributed by atoms with Gasteiger partial charge in [0.05, 0.1) is 6.61 Å². The number of nitrogens with two attached hydrogens (primary N) is 1. The van der Waals surface area contributed by atoms with Crippen LogP contribution < -0.4 is 5.73 Å². The molecule has 2 N–H and O–H groups in total. The van der Waals surface area contributed by atoms with Gasteiger partial charge in [-0.2, -0.15) is 0 Å². The van der Waals surface area contributed by atoms with E-state index in [1.807, 2.05) is 0 Å². The Bertz CT molecular complexity index is 215. The van der Waals surface area contributed by atoms with E-state index in [1.165, 1.54) is 19.6 Å². The van der Waals surface area contributed by atoms with Gasteiger partial charge in [0.1, 0.15) is 0 Å². The van der Waals surface area contributed by atoms with E-state index < -0.39 is 0 Å². The average Bonchev–Trinajstić information content (AvgIpc) is 2.32. The first-order valence-electron chi connectivity index (χ1n) is 7.23. The molecular formula is C14H31N3O. The highest BCUT2D eigenvalue weighted by Gasteiger charge is 2.26. The lowest BCUT2D eigenvalue weighted by Gasteiger charge is -2.41.